The van der Waals surface area contributed by atoms with Crippen molar-refractivity contribution in [2.45, 2.75) is 25.2 Å². The van der Waals surface area contributed by atoms with Crippen LogP contribution in [0.25, 0.3) is 10.9 Å². The number of H-pyrrole nitrogens is 1. The molecule has 0 bridgehead atoms. The van der Waals surface area contributed by atoms with Crippen molar-refractivity contribution in [1.29, 1.82) is 0 Å². The number of aromatic amines is 1. The molecule has 1 amide bonds. The molecule has 6 nitrogen and oxygen atoms in total. The van der Waals surface area contributed by atoms with Crippen molar-refractivity contribution in [3.63, 3.8) is 0 Å². The lowest BCUT2D eigenvalue weighted by atomic mass is 9.97. The predicted octanol–water partition coefficient (Wildman–Crippen LogP) is 4.78. The van der Waals surface area contributed by atoms with E-state index in [4.69, 9.17) is 9.15 Å². The fourth-order valence-electron chi connectivity index (χ4n) is 4.26. The molecule has 0 aliphatic carbocycles. The minimum absolute atomic E-state index is 0.0333. The molecule has 0 saturated carbocycles. The Morgan fingerprint density at radius 1 is 1.23 bits per heavy atom. The number of aromatic nitrogens is 2. The van der Waals surface area contributed by atoms with Gasteiger partial charge in [-0.3, -0.25) is 4.79 Å². The first-order chi connectivity index (χ1) is 15.2. The third kappa shape index (κ3) is 4.06. The number of fused-ring (bicyclic) bond motifs is 1. The molecule has 0 radical (unpaired) electrons. The Bertz CT molecular complexity index is 1160. The number of carbonyl (C=O) groups excluding carboxylic acids is 1. The van der Waals surface area contributed by atoms with Gasteiger partial charge in [0.1, 0.15) is 17.2 Å². The first-order valence-electron chi connectivity index (χ1n) is 10.6. The maximum atomic E-state index is 13.1. The zero-order chi connectivity index (χ0) is 21.2. The summed E-state index contributed by atoms with van der Waals surface area (Å²) >= 11 is 0. The van der Waals surface area contributed by atoms with Crippen LogP contribution in [0, 0.1) is 0 Å². The van der Waals surface area contributed by atoms with Gasteiger partial charge in [0, 0.05) is 30.4 Å². The molecule has 1 saturated heterocycles. The number of benzene rings is 2. The molecule has 6 heteroatoms. The second-order valence-electron chi connectivity index (χ2n) is 8.05. The molecule has 1 N–H and O–H groups in total. The average Bonchev–Trinajstić information content (AvgIpc) is 3.46. The van der Waals surface area contributed by atoms with E-state index in [2.05, 4.69) is 9.97 Å². The van der Waals surface area contributed by atoms with Gasteiger partial charge in [0.2, 0.25) is 0 Å². The maximum Gasteiger partial charge on any atom is 0.270 e. The minimum atomic E-state index is 0.0333. The molecule has 1 aliphatic heterocycles. The van der Waals surface area contributed by atoms with E-state index in [-0.39, 0.29) is 11.8 Å². The number of amides is 1. The number of piperidine rings is 1. The van der Waals surface area contributed by atoms with E-state index < -0.39 is 0 Å². The van der Waals surface area contributed by atoms with Crippen molar-refractivity contribution in [3.8, 4) is 5.75 Å². The van der Waals surface area contributed by atoms with Crippen LogP contribution in [0.4, 0.5) is 0 Å². The van der Waals surface area contributed by atoms with E-state index in [1.54, 1.807) is 13.3 Å². The van der Waals surface area contributed by atoms with Gasteiger partial charge < -0.3 is 19.0 Å². The van der Waals surface area contributed by atoms with Crippen LogP contribution in [0.2, 0.25) is 0 Å². The third-order valence-electron chi connectivity index (χ3n) is 5.93. The van der Waals surface area contributed by atoms with Crippen LogP contribution in [0.5, 0.6) is 5.75 Å². The average molecular weight is 415 g/mol. The van der Waals surface area contributed by atoms with Crippen LogP contribution in [0.15, 0.2) is 65.2 Å². The molecule has 2 aromatic carbocycles. The zero-order valence-electron chi connectivity index (χ0n) is 17.5. The summed E-state index contributed by atoms with van der Waals surface area (Å²) < 4.78 is 11.3. The number of hydrogen-bond acceptors (Lipinski definition) is 4. The summed E-state index contributed by atoms with van der Waals surface area (Å²) in [5, 5.41) is 1.05. The van der Waals surface area contributed by atoms with Crippen LogP contribution in [0.1, 0.15) is 46.5 Å². The summed E-state index contributed by atoms with van der Waals surface area (Å²) in [6.45, 7) is 1.38. The molecule has 31 heavy (non-hydrogen) atoms. The number of para-hydroxylation sites is 1. The van der Waals surface area contributed by atoms with Gasteiger partial charge in [0.25, 0.3) is 5.91 Å². The number of hydrogen-bond donors (Lipinski definition) is 1. The number of ether oxygens (including phenoxy) is 1. The van der Waals surface area contributed by atoms with Crippen molar-refractivity contribution in [1.82, 2.24) is 14.9 Å². The molecular weight excluding hydrogens is 390 g/mol. The van der Waals surface area contributed by atoms with Crippen molar-refractivity contribution in [2.75, 3.05) is 20.2 Å². The van der Waals surface area contributed by atoms with Gasteiger partial charge in [0.15, 0.2) is 5.89 Å². The van der Waals surface area contributed by atoms with Gasteiger partial charge in [-0.15, -0.1) is 0 Å². The number of oxazole rings is 1. The molecule has 4 aromatic rings. The molecule has 1 atom stereocenters. The summed E-state index contributed by atoms with van der Waals surface area (Å²) in [6, 6.07) is 17.8. The van der Waals surface area contributed by atoms with Gasteiger partial charge in [-0.2, -0.15) is 0 Å². The highest BCUT2D eigenvalue weighted by Gasteiger charge is 2.29. The minimum Gasteiger partial charge on any atom is -0.497 e. The van der Waals surface area contributed by atoms with Gasteiger partial charge in [-0.1, -0.05) is 30.3 Å². The Morgan fingerprint density at radius 2 is 2.06 bits per heavy atom. The Balaban J connectivity index is 1.27. The lowest BCUT2D eigenvalue weighted by Gasteiger charge is -2.31. The predicted molar refractivity (Wildman–Crippen MR) is 118 cm³/mol. The summed E-state index contributed by atoms with van der Waals surface area (Å²) in [4.78, 5) is 22.8. The second-order valence-corrected chi connectivity index (χ2v) is 8.05. The van der Waals surface area contributed by atoms with Crippen LogP contribution < -0.4 is 4.74 Å². The van der Waals surface area contributed by atoms with Crippen molar-refractivity contribution >= 4 is 16.8 Å². The summed E-state index contributed by atoms with van der Waals surface area (Å²) in [5.74, 6) is 2.54. The molecule has 1 aliphatic rings. The van der Waals surface area contributed by atoms with E-state index in [0.29, 0.717) is 18.7 Å². The highest BCUT2D eigenvalue weighted by atomic mass is 16.5. The van der Waals surface area contributed by atoms with Crippen LogP contribution in [-0.4, -0.2) is 41.0 Å². The number of rotatable bonds is 5. The quantitative estimate of drug-likeness (QED) is 0.509. The smallest absolute Gasteiger partial charge is 0.270 e. The van der Waals surface area contributed by atoms with Gasteiger partial charge in [-0.25, -0.2) is 4.98 Å². The Labute approximate surface area is 180 Å². The summed E-state index contributed by atoms with van der Waals surface area (Å²) in [7, 11) is 1.66. The Hall–Kier alpha value is -3.54. The number of carbonyl (C=O) groups is 1. The first kappa shape index (κ1) is 19.4. The second kappa shape index (κ2) is 8.30. The number of likely N-dealkylation sites (tertiary alicyclic amines) is 1. The molecule has 2 aromatic heterocycles. The lowest BCUT2D eigenvalue weighted by molar-refractivity contribution is 0.0693. The maximum absolute atomic E-state index is 13.1. The number of methoxy groups -OCH3 is 1. The highest BCUT2D eigenvalue weighted by molar-refractivity contribution is 5.98. The zero-order valence-corrected chi connectivity index (χ0v) is 17.5. The molecule has 1 fully saturated rings. The summed E-state index contributed by atoms with van der Waals surface area (Å²) in [6.07, 6.45) is 4.39. The topological polar surface area (TPSA) is 71.4 Å². The van der Waals surface area contributed by atoms with Crippen molar-refractivity contribution in [2.24, 2.45) is 0 Å². The normalized spacial score (nSPS) is 16.5. The summed E-state index contributed by atoms with van der Waals surface area (Å²) in [5.41, 5.74) is 2.76. The molecule has 3 heterocycles. The van der Waals surface area contributed by atoms with Gasteiger partial charge in [0.05, 0.1) is 19.2 Å². The SMILES string of the molecule is COc1ccc(Cc2cnc([C@H]3CCCN(C(=O)c4cc5ccccc5[nH]4)C3)o2)cc1. The molecular formula is C25H25N3O3. The lowest BCUT2D eigenvalue weighted by Crippen LogP contribution is -2.39. The molecule has 0 unspecified atom stereocenters. The van der Waals surface area contributed by atoms with E-state index in [1.165, 1.54) is 0 Å². The van der Waals surface area contributed by atoms with Crippen LogP contribution in [-0.2, 0) is 6.42 Å². The van der Waals surface area contributed by atoms with Crippen LogP contribution >= 0.6 is 0 Å². The van der Waals surface area contributed by atoms with E-state index >= 15 is 0 Å². The standard InChI is InChI=1S/C25H25N3O3/c1-30-20-10-8-17(9-11-20)13-21-15-26-24(31-21)19-6-4-12-28(16-19)25(29)23-14-18-5-2-3-7-22(18)27-23/h2-3,5,7-11,14-15,19,27H,4,6,12-13,16H2,1H3/t19-/m0/s1. The fourth-order valence-corrected chi connectivity index (χ4v) is 4.26. The van der Waals surface area contributed by atoms with E-state index in [9.17, 15) is 4.79 Å². The first-order valence-corrected chi connectivity index (χ1v) is 10.6. The van der Waals surface area contributed by atoms with Crippen molar-refractivity contribution in [3.05, 3.63) is 83.7 Å². The number of nitrogens with one attached hydrogen (secondary N) is 1. The largest absolute Gasteiger partial charge is 0.497 e. The van der Waals surface area contributed by atoms with Gasteiger partial charge in [-0.05, 0) is 42.7 Å². The van der Waals surface area contributed by atoms with Gasteiger partial charge >= 0.3 is 0 Å². The van der Waals surface area contributed by atoms with Crippen LogP contribution in [0.3, 0.4) is 0 Å². The molecule has 158 valence electrons. The number of nitrogens with zero attached hydrogens (tertiary/aromatic N) is 2. The van der Waals surface area contributed by atoms with E-state index in [1.807, 2.05) is 59.5 Å². The molecule has 5 rings (SSSR count). The Morgan fingerprint density at radius 3 is 2.87 bits per heavy atom. The fraction of sp³-hybridized carbons (Fsp3) is 0.280. The molecule has 0 spiro atoms. The van der Waals surface area contributed by atoms with Crippen molar-refractivity contribution < 1.29 is 13.9 Å². The highest BCUT2D eigenvalue weighted by Crippen LogP contribution is 2.28. The Kier molecular flexibility index (Phi) is 5.20. The third-order valence-corrected chi connectivity index (χ3v) is 5.93. The van der Waals surface area contributed by atoms with E-state index in [0.717, 1.165) is 53.3 Å². The monoisotopic (exact) mass is 415 g/mol.